The first-order valence-electron chi connectivity index (χ1n) is 4.34. The van der Waals surface area contributed by atoms with Crippen LogP contribution >= 0.6 is 0 Å². The van der Waals surface area contributed by atoms with Crippen molar-refractivity contribution in [3.63, 3.8) is 0 Å². The molecule has 0 amide bonds. The van der Waals surface area contributed by atoms with Gasteiger partial charge in [-0.2, -0.15) is 0 Å². The highest BCUT2D eigenvalue weighted by Gasteiger charge is 1.94. The highest BCUT2D eigenvalue weighted by Crippen LogP contribution is 2.10. The molecule has 0 saturated heterocycles. The van der Waals surface area contributed by atoms with E-state index < -0.39 is 0 Å². The van der Waals surface area contributed by atoms with Crippen molar-refractivity contribution in [3.8, 4) is 0 Å². The van der Waals surface area contributed by atoms with Crippen LogP contribution in [0.3, 0.4) is 0 Å². The molecular weight excluding hydrogens is 146 g/mol. The number of hydrogen-bond donors (Lipinski definition) is 1. The SMILES string of the molecule is C=C(C)/C(=C\C=C/C)CCNC. The summed E-state index contributed by atoms with van der Waals surface area (Å²) in [7, 11) is 1.96. The van der Waals surface area contributed by atoms with E-state index in [0.717, 1.165) is 18.5 Å². The molecule has 1 N–H and O–H groups in total. The zero-order valence-corrected chi connectivity index (χ0v) is 8.35. The van der Waals surface area contributed by atoms with Crippen LogP contribution in [0.5, 0.6) is 0 Å². The average molecular weight is 165 g/mol. The first-order chi connectivity index (χ1) is 5.72. The minimum absolute atomic E-state index is 1.01. The summed E-state index contributed by atoms with van der Waals surface area (Å²) in [6.07, 6.45) is 7.26. The lowest BCUT2D eigenvalue weighted by Gasteiger charge is -2.04. The van der Waals surface area contributed by atoms with Crippen molar-refractivity contribution < 1.29 is 0 Å². The molecule has 0 aliphatic rings. The van der Waals surface area contributed by atoms with E-state index in [1.807, 2.05) is 27.0 Å². The Morgan fingerprint density at radius 1 is 1.50 bits per heavy atom. The topological polar surface area (TPSA) is 12.0 Å². The van der Waals surface area contributed by atoms with Crippen LogP contribution in [0.4, 0.5) is 0 Å². The zero-order valence-electron chi connectivity index (χ0n) is 8.35. The van der Waals surface area contributed by atoms with Gasteiger partial charge in [0.05, 0.1) is 0 Å². The maximum atomic E-state index is 3.93. The highest BCUT2D eigenvalue weighted by atomic mass is 14.8. The van der Waals surface area contributed by atoms with Crippen LogP contribution in [-0.4, -0.2) is 13.6 Å². The van der Waals surface area contributed by atoms with E-state index >= 15 is 0 Å². The van der Waals surface area contributed by atoms with Gasteiger partial charge in [0.1, 0.15) is 0 Å². The first kappa shape index (κ1) is 11.2. The molecule has 0 fully saturated rings. The van der Waals surface area contributed by atoms with Gasteiger partial charge in [-0.25, -0.2) is 0 Å². The Balaban J connectivity index is 4.13. The molecule has 0 heterocycles. The molecule has 0 rings (SSSR count). The molecule has 0 unspecified atom stereocenters. The molecule has 0 aliphatic heterocycles. The van der Waals surface area contributed by atoms with Gasteiger partial charge >= 0.3 is 0 Å². The molecule has 0 radical (unpaired) electrons. The number of rotatable bonds is 5. The minimum atomic E-state index is 1.01. The van der Waals surface area contributed by atoms with Gasteiger partial charge in [-0.1, -0.05) is 30.4 Å². The van der Waals surface area contributed by atoms with Crippen molar-refractivity contribution in [2.24, 2.45) is 0 Å². The highest BCUT2D eigenvalue weighted by molar-refractivity contribution is 5.29. The van der Waals surface area contributed by atoms with E-state index in [-0.39, 0.29) is 0 Å². The van der Waals surface area contributed by atoms with Crippen molar-refractivity contribution in [3.05, 3.63) is 36.0 Å². The van der Waals surface area contributed by atoms with Crippen LogP contribution in [0.15, 0.2) is 36.0 Å². The van der Waals surface area contributed by atoms with E-state index in [9.17, 15) is 0 Å². The summed E-state index contributed by atoms with van der Waals surface area (Å²) < 4.78 is 0. The molecule has 0 saturated carbocycles. The predicted octanol–water partition coefficient (Wildman–Crippen LogP) is 2.67. The molecule has 0 aromatic heterocycles. The van der Waals surface area contributed by atoms with E-state index in [4.69, 9.17) is 0 Å². The lowest BCUT2D eigenvalue weighted by Crippen LogP contribution is -2.08. The molecule has 1 heteroatoms. The monoisotopic (exact) mass is 165 g/mol. The third kappa shape index (κ3) is 4.91. The van der Waals surface area contributed by atoms with E-state index in [1.54, 1.807) is 0 Å². The van der Waals surface area contributed by atoms with Crippen LogP contribution < -0.4 is 5.32 Å². The van der Waals surface area contributed by atoms with Gasteiger partial charge in [-0.3, -0.25) is 0 Å². The summed E-state index contributed by atoms with van der Waals surface area (Å²) in [6.45, 7) is 9.01. The lowest BCUT2D eigenvalue weighted by atomic mass is 10.1. The standard InChI is InChI=1S/C11H19N/c1-5-6-7-11(10(2)3)8-9-12-4/h5-7,12H,2,8-9H2,1,3-4H3/b6-5-,11-7-. The van der Waals surface area contributed by atoms with Crippen molar-refractivity contribution >= 4 is 0 Å². The molecule has 0 aromatic rings. The molecular formula is C11H19N. The Bertz CT molecular complexity index is 187. The molecule has 0 aromatic carbocycles. The van der Waals surface area contributed by atoms with Crippen molar-refractivity contribution in [1.82, 2.24) is 5.32 Å². The fraction of sp³-hybridized carbons (Fsp3) is 0.455. The van der Waals surface area contributed by atoms with Crippen LogP contribution in [0, 0.1) is 0 Å². The number of nitrogens with one attached hydrogen (secondary N) is 1. The summed E-state index contributed by atoms with van der Waals surface area (Å²) in [4.78, 5) is 0. The van der Waals surface area contributed by atoms with Crippen molar-refractivity contribution in [1.29, 1.82) is 0 Å². The summed E-state index contributed by atoms with van der Waals surface area (Å²) in [6, 6.07) is 0. The lowest BCUT2D eigenvalue weighted by molar-refractivity contribution is 0.789. The maximum absolute atomic E-state index is 3.93. The first-order valence-corrected chi connectivity index (χ1v) is 4.34. The molecule has 0 spiro atoms. The second kappa shape index (κ2) is 6.86. The molecule has 68 valence electrons. The number of allylic oxidation sites excluding steroid dienone is 4. The third-order valence-electron chi connectivity index (χ3n) is 1.68. The van der Waals surface area contributed by atoms with Gasteiger partial charge in [-0.15, -0.1) is 0 Å². The number of hydrogen-bond acceptors (Lipinski definition) is 1. The molecule has 0 aliphatic carbocycles. The van der Waals surface area contributed by atoms with Gasteiger partial charge in [0.2, 0.25) is 0 Å². The summed E-state index contributed by atoms with van der Waals surface area (Å²) in [5.41, 5.74) is 2.48. The Morgan fingerprint density at radius 2 is 2.17 bits per heavy atom. The van der Waals surface area contributed by atoms with Crippen LogP contribution in [-0.2, 0) is 0 Å². The second-order valence-electron chi connectivity index (χ2n) is 2.85. The maximum Gasteiger partial charge on any atom is -0.00113 e. The van der Waals surface area contributed by atoms with Gasteiger partial charge in [0.25, 0.3) is 0 Å². The molecule has 1 nitrogen and oxygen atoms in total. The Hall–Kier alpha value is -0.820. The fourth-order valence-electron chi connectivity index (χ4n) is 0.911. The van der Waals surface area contributed by atoms with Gasteiger partial charge in [0, 0.05) is 0 Å². The fourth-order valence-corrected chi connectivity index (χ4v) is 0.911. The zero-order chi connectivity index (χ0) is 9.40. The van der Waals surface area contributed by atoms with Gasteiger partial charge in [-0.05, 0) is 39.4 Å². The Morgan fingerprint density at radius 3 is 2.58 bits per heavy atom. The largest absolute Gasteiger partial charge is 0.319 e. The Kier molecular flexibility index (Phi) is 6.39. The van der Waals surface area contributed by atoms with Crippen molar-refractivity contribution in [2.45, 2.75) is 20.3 Å². The van der Waals surface area contributed by atoms with E-state index in [2.05, 4.69) is 24.0 Å². The summed E-state index contributed by atoms with van der Waals surface area (Å²) >= 11 is 0. The third-order valence-corrected chi connectivity index (χ3v) is 1.68. The average Bonchev–Trinajstić information content (AvgIpc) is 2.04. The summed E-state index contributed by atoms with van der Waals surface area (Å²) in [5.74, 6) is 0. The quantitative estimate of drug-likeness (QED) is 0.618. The van der Waals surface area contributed by atoms with Crippen LogP contribution in [0.25, 0.3) is 0 Å². The van der Waals surface area contributed by atoms with E-state index in [0.29, 0.717) is 0 Å². The predicted molar refractivity (Wildman–Crippen MR) is 56.3 cm³/mol. The molecule has 0 atom stereocenters. The molecule has 12 heavy (non-hydrogen) atoms. The van der Waals surface area contributed by atoms with Gasteiger partial charge < -0.3 is 5.32 Å². The normalized spacial score (nSPS) is 12.4. The smallest absolute Gasteiger partial charge is 0.00113 e. The summed E-state index contributed by atoms with van der Waals surface area (Å²) in [5, 5.41) is 3.12. The molecule has 0 bridgehead atoms. The van der Waals surface area contributed by atoms with E-state index in [1.165, 1.54) is 5.57 Å². The van der Waals surface area contributed by atoms with Gasteiger partial charge in [0.15, 0.2) is 0 Å². The second-order valence-corrected chi connectivity index (χ2v) is 2.85. The minimum Gasteiger partial charge on any atom is -0.319 e. The van der Waals surface area contributed by atoms with Crippen molar-refractivity contribution in [2.75, 3.05) is 13.6 Å². The van der Waals surface area contributed by atoms with Crippen LogP contribution in [0.1, 0.15) is 20.3 Å². The Labute approximate surface area is 75.9 Å². The van der Waals surface area contributed by atoms with Crippen LogP contribution in [0.2, 0.25) is 0 Å².